The van der Waals surface area contributed by atoms with Gasteiger partial charge < -0.3 is 14.5 Å². The van der Waals surface area contributed by atoms with Crippen LogP contribution in [0.4, 0.5) is 13.2 Å². The summed E-state index contributed by atoms with van der Waals surface area (Å²) in [6.07, 6.45) is -2.15. The van der Waals surface area contributed by atoms with Crippen molar-refractivity contribution in [1.29, 1.82) is 0 Å². The molecule has 7 heteroatoms. The van der Waals surface area contributed by atoms with Crippen LogP contribution in [0, 0.1) is 0 Å². The van der Waals surface area contributed by atoms with Crippen molar-refractivity contribution in [3.63, 3.8) is 0 Å². The maximum absolute atomic E-state index is 11.8. The predicted octanol–water partition coefficient (Wildman–Crippen LogP) is 2.25. The Labute approximate surface area is 97.2 Å². The van der Waals surface area contributed by atoms with Gasteiger partial charge in [0, 0.05) is 6.54 Å². The molecular formula is C10H15F3N2O2. The van der Waals surface area contributed by atoms with Crippen molar-refractivity contribution in [3.05, 3.63) is 17.8 Å². The first-order valence-corrected chi connectivity index (χ1v) is 5.29. The van der Waals surface area contributed by atoms with E-state index >= 15 is 0 Å². The Morgan fingerprint density at radius 1 is 1.47 bits per heavy atom. The lowest BCUT2D eigenvalue weighted by Crippen LogP contribution is -2.18. The third-order valence-electron chi connectivity index (χ3n) is 1.94. The van der Waals surface area contributed by atoms with Crippen molar-refractivity contribution in [2.45, 2.75) is 32.7 Å². The van der Waals surface area contributed by atoms with E-state index in [9.17, 15) is 13.2 Å². The SMILES string of the molecule is CCCNCc1ncoc1COCC(F)(F)F. The Morgan fingerprint density at radius 3 is 2.88 bits per heavy atom. The lowest BCUT2D eigenvalue weighted by molar-refractivity contribution is -0.177. The molecule has 0 saturated carbocycles. The highest BCUT2D eigenvalue weighted by molar-refractivity contribution is 5.05. The summed E-state index contributed by atoms with van der Waals surface area (Å²) in [6, 6.07) is 0. The number of ether oxygens (including phenoxy) is 1. The van der Waals surface area contributed by atoms with E-state index in [1.807, 2.05) is 6.92 Å². The Hall–Kier alpha value is -1.08. The Bertz CT molecular complexity index is 326. The highest BCUT2D eigenvalue weighted by Crippen LogP contribution is 2.16. The van der Waals surface area contributed by atoms with Crippen molar-refractivity contribution in [1.82, 2.24) is 10.3 Å². The number of oxazole rings is 1. The van der Waals surface area contributed by atoms with Crippen LogP contribution < -0.4 is 5.32 Å². The van der Waals surface area contributed by atoms with Crippen LogP contribution in [0.5, 0.6) is 0 Å². The van der Waals surface area contributed by atoms with E-state index in [4.69, 9.17) is 4.42 Å². The summed E-state index contributed by atoms with van der Waals surface area (Å²) >= 11 is 0. The average molecular weight is 252 g/mol. The van der Waals surface area contributed by atoms with Gasteiger partial charge in [0.2, 0.25) is 0 Å². The van der Waals surface area contributed by atoms with E-state index in [0.29, 0.717) is 18.0 Å². The van der Waals surface area contributed by atoms with E-state index in [1.54, 1.807) is 0 Å². The van der Waals surface area contributed by atoms with Crippen LogP contribution in [0.1, 0.15) is 24.8 Å². The summed E-state index contributed by atoms with van der Waals surface area (Å²) < 4.78 is 45.0. The van der Waals surface area contributed by atoms with Crippen LogP contribution in [0.15, 0.2) is 10.8 Å². The molecule has 0 atom stereocenters. The lowest BCUT2D eigenvalue weighted by atomic mass is 10.3. The van der Waals surface area contributed by atoms with Crippen LogP contribution in [-0.4, -0.2) is 24.3 Å². The summed E-state index contributed by atoms with van der Waals surface area (Å²) in [5, 5.41) is 3.08. The van der Waals surface area contributed by atoms with Gasteiger partial charge in [-0.25, -0.2) is 4.98 Å². The van der Waals surface area contributed by atoms with Gasteiger partial charge in [0.05, 0.1) is 5.69 Å². The van der Waals surface area contributed by atoms with Gasteiger partial charge >= 0.3 is 6.18 Å². The molecule has 0 saturated heterocycles. The molecule has 1 N–H and O–H groups in total. The summed E-state index contributed by atoms with van der Waals surface area (Å²) in [4.78, 5) is 3.91. The topological polar surface area (TPSA) is 47.3 Å². The standard InChI is InChI=1S/C10H15F3N2O2/c1-2-3-14-4-8-9(17-7-15-8)5-16-6-10(11,12)13/h7,14H,2-6H2,1H3. The molecule has 98 valence electrons. The van der Waals surface area contributed by atoms with Crippen molar-refractivity contribution in [3.8, 4) is 0 Å². The molecule has 1 rings (SSSR count). The fourth-order valence-corrected chi connectivity index (χ4v) is 1.20. The molecule has 0 amide bonds. The third kappa shape index (κ3) is 5.69. The molecular weight excluding hydrogens is 237 g/mol. The monoisotopic (exact) mass is 252 g/mol. The van der Waals surface area contributed by atoms with Crippen molar-refractivity contribution >= 4 is 0 Å². The number of nitrogens with zero attached hydrogens (tertiary/aromatic N) is 1. The first-order valence-electron chi connectivity index (χ1n) is 5.29. The van der Waals surface area contributed by atoms with Gasteiger partial charge in [0.15, 0.2) is 12.2 Å². The Balaban J connectivity index is 2.35. The van der Waals surface area contributed by atoms with Crippen molar-refractivity contribution in [2.24, 2.45) is 0 Å². The fourth-order valence-electron chi connectivity index (χ4n) is 1.20. The fraction of sp³-hybridized carbons (Fsp3) is 0.700. The second-order valence-corrected chi connectivity index (χ2v) is 3.51. The lowest BCUT2D eigenvalue weighted by Gasteiger charge is -2.07. The van der Waals surface area contributed by atoms with Crippen LogP contribution in [-0.2, 0) is 17.9 Å². The second kappa shape index (κ2) is 6.61. The molecule has 0 aliphatic carbocycles. The molecule has 17 heavy (non-hydrogen) atoms. The summed E-state index contributed by atoms with van der Waals surface area (Å²) in [5.41, 5.74) is 0.584. The second-order valence-electron chi connectivity index (χ2n) is 3.51. The van der Waals surface area contributed by atoms with E-state index < -0.39 is 12.8 Å². The zero-order valence-corrected chi connectivity index (χ0v) is 9.51. The van der Waals surface area contributed by atoms with Crippen LogP contribution in [0.3, 0.4) is 0 Å². The molecule has 0 bridgehead atoms. The average Bonchev–Trinajstić information content (AvgIpc) is 2.64. The maximum atomic E-state index is 11.8. The van der Waals surface area contributed by atoms with E-state index in [1.165, 1.54) is 6.39 Å². The number of hydrogen-bond donors (Lipinski definition) is 1. The van der Waals surface area contributed by atoms with Crippen LogP contribution >= 0.6 is 0 Å². The number of halogens is 3. The first kappa shape index (κ1) is 14.0. The molecule has 0 spiro atoms. The van der Waals surface area contributed by atoms with Crippen LogP contribution in [0.2, 0.25) is 0 Å². The number of aromatic nitrogens is 1. The summed E-state index contributed by atoms with van der Waals surface area (Å²) in [7, 11) is 0. The van der Waals surface area contributed by atoms with E-state index in [0.717, 1.165) is 13.0 Å². The quantitative estimate of drug-likeness (QED) is 0.756. The molecule has 0 aliphatic heterocycles. The summed E-state index contributed by atoms with van der Waals surface area (Å²) in [6.45, 7) is 1.80. The first-order chi connectivity index (χ1) is 8.03. The number of hydrogen-bond acceptors (Lipinski definition) is 4. The number of alkyl halides is 3. The molecule has 0 fully saturated rings. The molecule has 1 aromatic rings. The van der Waals surface area contributed by atoms with Gasteiger partial charge in [-0.3, -0.25) is 0 Å². The van der Waals surface area contributed by atoms with Crippen molar-refractivity contribution < 1.29 is 22.3 Å². The van der Waals surface area contributed by atoms with Gasteiger partial charge in [0.1, 0.15) is 13.2 Å². The highest BCUT2D eigenvalue weighted by Gasteiger charge is 2.27. The predicted molar refractivity (Wildman–Crippen MR) is 54.2 cm³/mol. The Morgan fingerprint density at radius 2 is 2.24 bits per heavy atom. The molecule has 0 aromatic carbocycles. The van der Waals surface area contributed by atoms with E-state index in [2.05, 4.69) is 15.0 Å². The molecule has 4 nitrogen and oxygen atoms in total. The third-order valence-corrected chi connectivity index (χ3v) is 1.94. The zero-order chi connectivity index (χ0) is 12.7. The van der Waals surface area contributed by atoms with Crippen molar-refractivity contribution in [2.75, 3.05) is 13.2 Å². The molecule has 0 unspecified atom stereocenters. The number of nitrogens with one attached hydrogen (secondary N) is 1. The Kier molecular flexibility index (Phi) is 5.43. The largest absolute Gasteiger partial charge is 0.446 e. The maximum Gasteiger partial charge on any atom is 0.411 e. The van der Waals surface area contributed by atoms with Crippen LogP contribution in [0.25, 0.3) is 0 Å². The van der Waals surface area contributed by atoms with Gasteiger partial charge in [0.25, 0.3) is 0 Å². The van der Waals surface area contributed by atoms with Gasteiger partial charge in [-0.15, -0.1) is 0 Å². The minimum absolute atomic E-state index is 0.220. The van der Waals surface area contributed by atoms with Gasteiger partial charge in [-0.2, -0.15) is 13.2 Å². The molecule has 1 aromatic heterocycles. The smallest absolute Gasteiger partial charge is 0.411 e. The zero-order valence-electron chi connectivity index (χ0n) is 9.51. The highest BCUT2D eigenvalue weighted by atomic mass is 19.4. The normalized spacial score (nSPS) is 12.0. The molecule has 1 heterocycles. The minimum Gasteiger partial charge on any atom is -0.446 e. The van der Waals surface area contributed by atoms with E-state index in [-0.39, 0.29) is 6.61 Å². The minimum atomic E-state index is -4.32. The molecule has 0 radical (unpaired) electrons. The van der Waals surface area contributed by atoms with Gasteiger partial charge in [-0.1, -0.05) is 6.92 Å². The van der Waals surface area contributed by atoms with Gasteiger partial charge in [-0.05, 0) is 13.0 Å². The number of rotatable bonds is 7. The summed E-state index contributed by atoms with van der Waals surface area (Å²) in [5.74, 6) is 0.331. The molecule has 0 aliphatic rings.